The molecule has 0 aliphatic rings. The molecule has 5 nitrogen and oxygen atoms in total. The Kier molecular flexibility index (Phi) is 7.90. The molecule has 0 aliphatic carbocycles. The molecule has 0 atom stereocenters. The van der Waals surface area contributed by atoms with Gasteiger partial charge in [0.15, 0.2) is 5.11 Å². The highest BCUT2D eigenvalue weighted by molar-refractivity contribution is 7.80. The summed E-state index contributed by atoms with van der Waals surface area (Å²) in [6, 6.07) is 21.3. The van der Waals surface area contributed by atoms with E-state index in [0.717, 1.165) is 5.75 Å². The molecule has 0 saturated heterocycles. The molecule has 2 N–H and O–H groups in total. The lowest BCUT2D eigenvalue weighted by atomic mass is 10.2. The van der Waals surface area contributed by atoms with E-state index in [0.29, 0.717) is 40.3 Å². The number of nitrogens with one attached hydrogen (secondary N) is 2. The highest BCUT2D eigenvalue weighted by Gasteiger charge is 2.10. The number of thiocarbonyl (C=S) groups is 1. The molecule has 0 unspecified atom stereocenters. The van der Waals surface area contributed by atoms with Crippen LogP contribution in [0.1, 0.15) is 10.4 Å². The van der Waals surface area contributed by atoms with Crippen molar-refractivity contribution in [3.63, 3.8) is 0 Å². The zero-order chi connectivity index (χ0) is 21.3. The van der Waals surface area contributed by atoms with Crippen molar-refractivity contribution < 1.29 is 14.3 Å². The molecule has 3 aromatic rings. The number of ether oxygens (including phenoxy) is 2. The maximum atomic E-state index is 12.3. The summed E-state index contributed by atoms with van der Waals surface area (Å²) in [6.07, 6.45) is 0. The minimum absolute atomic E-state index is 0.154. The number of hydrogen-bond acceptors (Lipinski definition) is 4. The SMILES string of the molecule is O=C(NC(=S)Nc1ccc(OCCOc2ccccc2)cc1)c1cc(Cl)cc(Cl)c1. The van der Waals surface area contributed by atoms with Gasteiger partial charge in [-0.25, -0.2) is 0 Å². The van der Waals surface area contributed by atoms with Crippen LogP contribution in [0.2, 0.25) is 10.0 Å². The first-order valence-corrected chi connectivity index (χ1v) is 10.2. The highest BCUT2D eigenvalue weighted by Crippen LogP contribution is 2.19. The standard InChI is InChI=1S/C22H18Cl2N2O3S/c23-16-12-15(13-17(24)14-16)21(27)26-22(30)25-18-6-8-20(9-7-18)29-11-10-28-19-4-2-1-3-5-19/h1-9,12-14H,10-11H2,(H2,25,26,27,30). The number of anilines is 1. The van der Waals surface area contributed by atoms with Crippen molar-refractivity contribution in [2.24, 2.45) is 0 Å². The van der Waals surface area contributed by atoms with Crippen molar-refractivity contribution in [1.29, 1.82) is 0 Å². The fraction of sp³-hybridized carbons (Fsp3) is 0.0909. The molecule has 0 aliphatic heterocycles. The van der Waals surface area contributed by atoms with E-state index in [1.807, 2.05) is 30.3 Å². The molecule has 154 valence electrons. The Morgan fingerprint density at radius 1 is 0.833 bits per heavy atom. The van der Waals surface area contributed by atoms with E-state index < -0.39 is 5.91 Å². The van der Waals surface area contributed by atoms with Crippen LogP contribution in [-0.4, -0.2) is 24.2 Å². The van der Waals surface area contributed by atoms with Gasteiger partial charge in [0.25, 0.3) is 5.91 Å². The second-order valence-corrected chi connectivity index (χ2v) is 7.38. The van der Waals surface area contributed by atoms with E-state index in [-0.39, 0.29) is 5.11 Å². The smallest absolute Gasteiger partial charge is 0.257 e. The van der Waals surface area contributed by atoms with E-state index >= 15 is 0 Å². The Morgan fingerprint density at radius 2 is 1.40 bits per heavy atom. The van der Waals surface area contributed by atoms with E-state index in [2.05, 4.69) is 10.6 Å². The van der Waals surface area contributed by atoms with Gasteiger partial charge in [-0.3, -0.25) is 10.1 Å². The molecular weight excluding hydrogens is 443 g/mol. The summed E-state index contributed by atoms with van der Waals surface area (Å²) < 4.78 is 11.2. The van der Waals surface area contributed by atoms with E-state index in [1.165, 1.54) is 12.1 Å². The van der Waals surface area contributed by atoms with Crippen LogP contribution in [0.5, 0.6) is 11.5 Å². The molecule has 0 radical (unpaired) electrons. The third-order valence-electron chi connectivity index (χ3n) is 3.83. The van der Waals surface area contributed by atoms with Crippen molar-refractivity contribution in [3.05, 3.63) is 88.4 Å². The van der Waals surface area contributed by atoms with Crippen LogP contribution in [0.25, 0.3) is 0 Å². The number of amides is 1. The van der Waals surface area contributed by atoms with Gasteiger partial charge in [-0.15, -0.1) is 0 Å². The molecule has 1 amide bonds. The number of carbonyl (C=O) groups excluding carboxylic acids is 1. The Bertz CT molecular complexity index is 994. The van der Waals surface area contributed by atoms with Crippen LogP contribution in [-0.2, 0) is 0 Å². The van der Waals surface area contributed by atoms with Gasteiger partial charge < -0.3 is 14.8 Å². The molecule has 0 fully saturated rings. The predicted octanol–water partition coefficient (Wildman–Crippen LogP) is 5.58. The molecule has 30 heavy (non-hydrogen) atoms. The molecule has 0 spiro atoms. The quantitative estimate of drug-likeness (QED) is 0.356. The zero-order valence-corrected chi connectivity index (χ0v) is 18.1. The Hall–Kier alpha value is -2.80. The summed E-state index contributed by atoms with van der Waals surface area (Å²) in [6.45, 7) is 0.853. The Balaban J connectivity index is 1.44. The second kappa shape index (κ2) is 10.8. The first-order valence-electron chi connectivity index (χ1n) is 8.99. The predicted molar refractivity (Wildman–Crippen MR) is 124 cm³/mol. The van der Waals surface area contributed by atoms with Crippen LogP contribution < -0.4 is 20.1 Å². The van der Waals surface area contributed by atoms with Gasteiger partial charge in [0, 0.05) is 21.3 Å². The zero-order valence-electron chi connectivity index (χ0n) is 15.7. The summed E-state index contributed by atoms with van der Waals surface area (Å²) in [4.78, 5) is 12.3. The largest absolute Gasteiger partial charge is 0.490 e. The van der Waals surface area contributed by atoms with Gasteiger partial charge in [-0.2, -0.15) is 0 Å². The van der Waals surface area contributed by atoms with Crippen molar-refractivity contribution in [2.75, 3.05) is 18.5 Å². The fourth-order valence-corrected chi connectivity index (χ4v) is 3.23. The van der Waals surface area contributed by atoms with Gasteiger partial charge in [0.05, 0.1) is 0 Å². The maximum Gasteiger partial charge on any atom is 0.257 e. The van der Waals surface area contributed by atoms with E-state index in [1.54, 1.807) is 30.3 Å². The molecule has 8 heteroatoms. The molecule has 0 heterocycles. The van der Waals surface area contributed by atoms with Gasteiger partial charge in [-0.05, 0) is 66.8 Å². The average Bonchev–Trinajstić information content (AvgIpc) is 2.72. The van der Waals surface area contributed by atoms with Crippen LogP contribution >= 0.6 is 35.4 Å². The number of hydrogen-bond donors (Lipinski definition) is 2. The van der Waals surface area contributed by atoms with Gasteiger partial charge >= 0.3 is 0 Å². The Morgan fingerprint density at radius 3 is 2.00 bits per heavy atom. The summed E-state index contributed by atoms with van der Waals surface area (Å²) in [5, 5.41) is 6.43. The minimum Gasteiger partial charge on any atom is -0.490 e. The van der Waals surface area contributed by atoms with Crippen molar-refractivity contribution in [1.82, 2.24) is 5.32 Å². The third-order valence-corrected chi connectivity index (χ3v) is 4.47. The van der Waals surface area contributed by atoms with Crippen LogP contribution in [0.15, 0.2) is 72.8 Å². The Labute approximate surface area is 189 Å². The molecule has 3 aromatic carbocycles. The fourth-order valence-electron chi connectivity index (χ4n) is 2.49. The van der Waals surface area contributed by atoms with E-state index in [9.17, 15) is 4.79 Å². The third kappa shape index (κ3) is 6.91. The summed E-state index contributed by atoms with van der Waals surface area (Å²) >= 11 is 17.0. The molecule has 0 saturated carbocycles. The second-order valence-electron chi connectivity index (χ2n) is 6.10. The van der Waals surface area contributed by atoms with Crippen LogP contribution in [0.4, 0.5) is 5.69 Å². The maximum absolute atomic E-state index is 12.3. The van der Waals surface area contributed by atoms with Gasteiger partial charge in [0.1, 0.15) is 24.7 Å². The highest BCUT2D eigenvalue weighted by atomic mass is 35.5. The van der Waals surface area contributed by atoms with Crippen molar-refractivity contribution >= 4 is 52.1 Å². The molecular formula is C22H18Cl2N2O3S. The number of benzene rings is 3. The van der Waals surface area contributed by atoms with Crippen LogP contribution in [0.3, 0.4) is 0 Å². The number of para-hydroxylation sites is 1. The minimum atomic E-state index is -0.407. The topological polar surface area (TPSA) is 59.6 Å². The molecule has 0 aromatic heterocycles. The average molecular weight is 461 g/mol. The summed E-state index contributed by atoms with van der Waals surface area (Å²) in [7, 11) is 0. The first kappa shape index (κ1) is 21.9. The lowest BCUT2D eigenvalue weighted by Crippen LogP contribution is -2.34. The normalized spacial score (nSPS) is 10.2. The number of rotatable bonds is 7. The van der Waals surface area contributed by atoms with Crippen molar-refractivity contribution in [2.45, 2.75) is 0 Å². The number of carbonyl (C=O) groups is 1. The molecule has 0 bridgehead atoms. The number of halogens is 2. The summed E-state index contributed by atoms with van der Waals surface area (Å²) in [5.74, 6) is 1.09. The van der Waals surface area contributed by atoms with Gasteiger partial charge in [-0.1, -0.05) is 41.4 Å². The van der Waals surface area contributed by atoms with Crippen LogP contribution in [0, 0.1) is 0 Å². The van der Waals surface area contributed by atoms with E-state index in [4.69, 9.17) is 44.9 Å². The van der Waals surface area contributed by atoms with Gasteiger partial charge in [0.2, 0.25) is 0 Å². The first-order chi connectivity index (χ1) is 14.5. The summed E-state index contributed by atoms with van der Waals surface area (Å²) in [5.41, 5.74) is 1.02. The van der Waals surface area contributed by atoms with Crippen molar-refractivity contribution in [3.8, 4) is 11.5 Å². The molecule has 3 rings (SSSR count). The lowest BCUT2D eigenvalue weighted by Gasteiger charge is -2.11. The lowest BCUT2D eigenvalue weighted by molar-refractivity contribution is 0.0977. The monoisotopic (exact) mass is 460 g/mol.